The Morgan fingerprint density at radius 2 is 1.90 bits per heavy atom. The van der Waals surface area contributed by atoms with E-state index in [0.29, 0.717) is 5.56 Å². The lowest BCUT2D eigenvalue weighted by Crippen LogP contribution is -2.36. The lowest BCUT2D eigenvalue weighted by Gasteiger charge is -2.16. The summed E-state index contributed by atoms with van der Waals surface area (Å²) in [7, 11) is 0. The van der Waals surface area contributed by atoms with Crippen LogP contribution in [0.3, 0.4) is 0 Å². The predicted molar refractivity (Wildman–Crippen MR) is 73.2 cm³/mol. The largest absolute Gasteiger partial charge is 0.504 e. The molecule has 0 aliphatic carbocycles. The molecule has 6 nitrogen and oxygen atoms in total. The molecule has 0 spiro atoms. The van der Waals surface area contributed by atoms with Crippen molar-refractivity contribution in [2.24, 2.45) is 0 Å². The zero-order valence-electron chi connectivity index (χ0n) is 11.2. The lowest BCUT2D eigenvalue weighted by molar-refractivity contribution is -0.159. The van der Waals surface area contributed by atoms with E-state index in [1.807, 2.05) is 0 Å². The van der Waals surface area contributed by atoms with E-state index in [1.165, 1.54) is 37.3 Å². The van der Waals surface area contributed by atoms with Crippen LogP contribution in [0.15, 0.2) is 36.1 Å². The van der Waals surface area contributed by atoms with Crippen LogP contribution in [-0.2, 0) is 14.3 Å². The summed E-state index contributed by atoms with van der Waals surface area (Å²) in [6.07, 6.45) is 3.63. The number of ketones is 1. The molecule has 21 heavy (non-hydrogen) atoms. The molecular formula is C15H14O6. The molecule has 6 heteroatoms. The van der Waals surface area contributed by atoms with Gasteiger partial charge in [0.05, 0.1) is 0 Å². The fraction of sp³-hybridized carbons (Fsp3) is 0.200. The van der Waals surface area contributed by atoms with Crippen LogP contribution >= 0.6 is 0 Å². The number of ether oxygens (including phenoxy) is 1. The van der Waals surface area contributed by atoms with Crippen LogP contribution in [0.25, 0.3) is 6.08 Å². The van der Waals surface area contributed by atoms with Crippen LogP contribution < -0.4 is 0 Å². The van der Waals surface area contributed by atoms with Crippen molar-refractivity contribution in [2.45, 2.75) is 18.9 Å². The van der Waals surface area contributed by atoms with Crippen LogP contribution in [0.1, 0.15) is 18.9 Å². The fourth-order valence-electron chi connectivity index (χ4n) is 1.77. The van der Waals surface area contributed by atoms with Crippen molar-refractivity contribution < 1.29 is 29.6 Å². The quantitative estimate of drug-likeness (QED) is 0.559. The van der Waals surface area contributed by atoms with Crippen LogP contribution in [0, 0.1) is 0 Å². The first kappa shape index (κ1) is 14.8. The van der Waals surface area contributed by atoms with Gasteiger partial charge in [0.2, 0.25) is 0 Å². The number of carbonyl (C=O) groups excluding carboxylic acids is 2. The minimum atomic E-state index is -1.85. The van der Waals surface area contributed by atoms with E-state index in [-0.39, 0.29) is 23.7 Å². The SMILES string of the molecule is CC1(O)CC(=O)C=C(C=Cc2ccc(O)c(O)c2)OC1=O. The molecule has 1 aromatic rings. The highest BCUT2D eigenvalue weighted by Crippen LogP contribution is 2.26. The smallest absolute Gasteiger partial charge is 0.343 e. The number of esters is 1. The normalized spacial score (nSPS) is 22.9. The first-order valence-electron chi connectivity index (χ1n) is 6.17. The summed E-state index contributed by atoms with van der Waals surface area (Å²) in [5.41, 5.74) is -1.31. The first-order valence-corrected chi connectivity index (χ1v) is 6.17. The second-order valence-electron chi connectivity index (χ2n) is 4.93. The average Bonchev–Trinajstić information content (AvgIpc) is 2.47. The first-order chi connectivity index (χ1) is 9.78. The number of hydrogen-bond acceptors (Lipinski definition) is 6. The number of phenols is 2. The minimum Gasteiger partial charge on any atom is -0.504 e. The molecule has 0 saturated heterocycles. The van der Waals surface area contributed by atoms with Crippen molar-refractivity contribution in [1.82, 2.24) is 0 Å². The van der Waals surface area contributed by atoms with Gasteiger partial charge in [-0.15, -0.1) is 0 Å². The summed E-state index contributed by atoms with van der Waals surface area (Å²) in [5.74, 6) is -1.88. The second kappa shape index (κ2) is 5.41. The third-order valence-electron chi connectivity index (χ3n) is 2.91. The molecule has 1 aromatic carbocycles. The molecule has 1 aliphatic rings. The van der Waals surface area contributed by atoms with E-state index in [2.05, 4.69) is 0 Å². The maximum absolute atomic E-state index is 11.6. The molecule has 1 unspecified atom stereocenters. The third-order valence-corrected chi connectivity index (χ3v) is 2.91. The summed E-state index contributed by atoms with van der Waals surface area (Å²) in [5, 5.41) is 28.3. The molecule has 3 N–H and O–H groups in total. The summed E-state index contributed by atoms with van der Waals surface area (Å²) in [6, 6.07) is 4.14. The molecule has 0 fully saturated rings. The van der Waals surface area contributed by atoms with E-state index < -0.39 is 17.4 Å². The van der Waals surface area contributed by atoms with Gasteiger partial charge in [0, 0.05) is 12.5 Å². The Kier molecular flexibility index (Phi) is 3.82. The van der Waals surface area contributed by atoms with E-state index in [1.54, 1.807) is 0 Å². The number of aromatic hydroxyl groups is 2. The van der Waals surface area contributed by atoms with Gasteiger partial charge in [-0.1, -0.05) is 12.1 Å². The highest BCUT2D eigenvalue weighted by Gasteiger charge is 2.37. The number of allylic oxidation sites excluding steroid dienone is 2. The highest BCUT2D eigenvalue weighted by atomic mass is 16.6. The third kappa shape index (κ3) is 3.49. The van der Waals surface area contributed by atoms with Gasteiger partial charge in [-0.3, -0.25) is 4.79 Å². The summed E-state index contributed by atoms with van der Waals surface area (Å²) >= 11 is 0. The Hall–Kier alpha value is -2.60. The monoisotopic (exact) mass is 290 g/mol. The molecule has 110 valence electrons. The summed E-state index contributed by atoms with van der Waals surface area (Å²) in [4.78, 5) is 23.2. The molecular weight excluding hydrogens is 276 g/mol. The van der Waals surface area contributed by atoms with Crippen molar-refractivity contribution in [3.8, 4) is 11.5 Å². The van der Waals surface area contributed by atoms with E-state index in [9.17, 15) is 24.9 Å². The molecule has 1 heterocycles. The maximum Gasteiger partial charge on any atom is 0.343 e. The number of rotatable bonds is 2. The van der Waals surface area contributed by atoms with Gasteiger partial charge >= 0.3 is 5.97 Å². The Labute approximate surface area is 120 Å². The van der Waals surface area contributed by atoms with Gasteiger partial charge in [-0.05, 0) is 30.7 Å². The Balaban J connectivity index is 2.22. The van der Waals surface area contributed by atoms with Gasteiger partial charge in [0.15, 0.2) is 22.9 Å². The van der Waals surface area contributed by atoms with E-state index in [0.717, 1.165) is 6.08 Å². The molecule has 0 saturated carbocycles. The molecule has 1 atom stereocenters. The van der Waals surface area contributed by atoms with E-state index >= 15 is 0 Å². The average molecular weight is 290 g/mol. The van der Waals surface area contributed by atoms with Crippen LogP contribution in [0.2, 0.25) is 0 Å². The van der Waals surface area contributed by atoms with Crippen LogP contribution in [0.4, 0.5) is 0 Å². The topological polar surface area (TPSA) is 104 Å². The van der Waals surface area contributed by atoms with Gasteiger partial charge < -0.3 is 20.1 Å². The lowest BCUT2D eigenvalue weighted by atomic mass is 10.0. The predicted octanol–water partition coefficient (Wildman–Crippen LogP) is 1.26. The van der Waals surface area contributed by atoms with Gasteiger partial charge in [0.1, 0.15) is 5.76 Å². The second-order valence-corrected chi connectivity index (χ2v) is 4.93. The van der Waals surface area contributed by atoms with Crippen LogP contribution in [0.5, 0.6) is 11.5 Å². The van der Waals surface area contributed by atoms with Crippen molar-refractivity contribution >= 4 is 17.8 Å². The zero-order valence-corrected chi connectivity index (χ0v) is 11.2. The van der Waals surface area contributed by atoms with Crippen molar-refractivity contribution in [2.75, 3.05) is 0 Å². The Morgan fingerprint density at radius 1 is 1.19 bits per heavy atom. The Bertz CT molecular complexity index is 654. The molecule has 1 aliphatic heterocycles. The number of hydrogen-bond donors (Lipinski definition) is 3. The Morgan fingerprint density at radius 3 is 2.57 bits per heavy atom. The molecule has 2 rings (SSSR count). The molecule has 0 radical (unpaired) electrons. The summed E-state index contributed by atoms with van der Waals surface area (Å²) in [6.45, 7) is 1.21. The number of aliphatic hydroxyl groups is 1. The molecule has 0 bridgehead atoms. The number of benzene rings is 1. The van der Waals surface area contributed by atoms with Gasteiger partial charge in [-0.2, -0.15) is 0 Å². The molecule has 0 aromatic heterocycles. The number of cyclic esters (lactones) is 1. The standard InChI is InChI=1S/C15H14O6/c1-15(20)8-10(16)7-11(21-14(15)19)4-2-9-3-5-12(17)13(18)6-9/h2-7,17-18,20H,8H2,1H3. The number of phenolic OH excluding ortho intramolecular Hbond substituents is 2. The zero-order chi connectivity index (χ0) is 15.6. The fourth-order valence-corrected chi connectivity index (χ4v) is 1.77. The molecule has 0 amide bonds. The number of carbonyl (C=O) groups is 2. The minimum absolute atomic E-state index is 0.00432. The van der Waals surface area contributed by atoms with Crippen molar-refractivity contribution in [3.63, 3.8) is 0 Å². The summed E-state index contributed by atoms with van der Waals surface area (Å²) < 4.78 is 4.93. The van der Waals surface area contributed by atoms with Crippen molar-refractivity contribution in [3.05, 3.63) is 41.7 Å². The van der Waals surface area contributed by atoms with Gasteiger partial charge in [0.25, 0.3) is 0 Å². The van der Waals surface area contributed by atoms with Crippen LogP contribution in [-0.4, -0.2) is 32.7 Å². The van der Waals surface area contributed by atoms with E-state index in [4.69, 9.17) is 4.74 Å². The highest BCUT2D eigenvalue weighted by molar-refractivity contribution is 5.98. The van der Waals surface area contributed by atoms with Gasteiger partial charge in [-0.25, -0.2) is 4.79 Å². The maximum atomic E-state index is 11.6. The van der Waals surface area contributed by atoms with Crippen molar-refractivity contribution in [1.29, 1.82) is 0 Å².